The molecule has 1 aliphatic heterocycles. The smallest absolute Gasteiger partial charge is 0.282 e. The Morgan fingerprint density at radius 1 is 1.12 bits per heavy atom. The summed E-state index contributed by atoms with van der Waals surface area (Å²) >= 11 is 4.35. The normalized spacial score (nSPS) is 15.3. The zero-order chi connectivity index (χ0) is 18.7. The van der Waals surface area contributed by atoms with Crippen LogP contribution >= 0.6 is 45.2 Å². The van der Waals surface area contributed by atoms with Crippen LogP contribution in [0.25, 0.3) is 6.08 Å². The van der Waals surface area contributed by atoms with Gasteiger partial charge in [-0.3, -0.25) is 15.0 Å². The van der Waals surface area contributed by atoms with Crippen LogP contribution in [0.2, 0.25) is 0 Å². The summed E-state index contributed by atoms with van der Waals surface area (Å²) in [5.74, 6) is -0.0320. The van der Waals surface area contributed by atoms with E-state index >= 15 is 0 Å². The fourth-order valence-electron chi connectivity index (χ4n) is 2.43. The third-order valence-corrected chi connectivity index (χ3v) is 5.19. The number of benzene rings is 2. The van der Waals surface area contributed by atoms with Gasteiger partial charge in [0.2, 0.25) is 0 Å². The maximum absolute atomic E-state index is 12.6. The van der Waals surface area contributed by atoms with Gasteiger partial charge in [-0.1, -0.05) is 30.9 Å². The number of carbonyl (C=O) groups is 2. The minimum absolute atomic E-state index is 0.0974. The minimum Gasteiger partial charge on any atom is -0.487 e. The fourth-order valence-corrected chi connectivity index (χ4v) is 4.55. The highest BCUT2D eigenvalue weighted by Crippen LogP contribution is 2.30. The molecule has 5 nitrogen and oxygen atoms in total. The minimum atomic E-state index is -0.421. The number of halogens is 2. The standard InChI is InChI=1S/C19H14I2N2O3/c1-2-8-26-17-15(20)10-12(11-16(17)21)9-14-18(24)22-23(19(14)25)13-6-4-3-5-7-13/h2-7,9-11H,1,8H2,(H,22,24)/b14-9-. The first-order chi connectivity index (χ1) is 12.5. The Balaban J connectivity index is 1.91. The summed E-state index contributed by atoms with van der Waals surface area (Å²) < 4.78 is 7.45. The van der Waals surface area contributed by atoms with Crippen molar-refractivity contribution in [1.29, 1.82) is 0 Å². The molecule has 0 unspecified atom stereocenters. The number of hydrazine groups is 1. The molecular formula is C19H14I2N2O3. The van der Waals surface area contributed by atoms with Gasteiger partial charge in [-0.15, -0.1) is 0 Å². The van der Waals surface area contributed by atoms with E-state index in [1.165, 1.54) is 5.01 Å². The van der Waals surface area contributed by atoms with Crippen molar-refractivity contribution in [2.75, 3.05) is 11.6 Å². The van der Waals surface area contributed by atoms with Crippen molar-refractivity contribution >= 4 is 68.8 Å². The molecule has 0 aliphatic carbocycles. The van der Waals surface area contributed by atoms with E-state index in [0.717, 1.165) is 18.5 Å². The average Bonchev–Trinajstić information content (AvgIpc) is 2.90. The van der Waals surface area contributed by atoms with Gasteiger partial charge in [0.05, 0.1) is 12.8 Å². The molecule has 3 rings (SSSR count). The molecule has 0 aromatic heterocycles. The Morgan fingerprint density at radius 3 is 2.38 bits per heavy atom. The van der Waals surface area contributed by atoms with Crippen molar-refractivity contribution in [3.63, 3.8) is 0 Å². The van der Waals surface area contributed by atoms with Crippen molar-refractivity contribution in [3.05, 3.63) is 73.4 Å². The van der Waals surface area contributed by atoms with E-state index in [9.17, 15) is 9.59 Å². The Morgan fingerprint density at radius 2 is 1.77 bits per heavy atom. The van der Waals surface area contributed by atoms with E-state index in [1.807, 2.05) is 30.3 Å². The van der Waals surface area contributed by atoms with E-state index in [1.54, 1.807) is 24.3 Å². The molecule has 0 bridgehead atoms. The Labute approximate surface area is 178 Å². The van der Waals surface area contributed by atoms with Crippen LogP contribution in [0, 0.1) is 7.14 Å². The molecule has 1 aliphatic rings. The maximum atomic E-state index is 12.6. The Hall–Kier alpha value is -1.88. The molecule has 1 N–H and O–H groups in total. The molecule has 1 saturated heterocycles. The van der Waals surface area contributed by atoms with E-state index in [4.69, 9.17) is 4.74 Å². The summed E-state index contributed by atoms with van der Waals surface area (Å²) in [4.78, 5) is 24.9. The number of para-hydroxylation sites is 1. The van der Waals surface area contributed by atoms with Gasteiger partial charge in [0.25, 0.3) is 11.8 Å². The van der Waals surface area contributed by atoms with Crippen LogP contribution in [-0.4, -0.2) is 18.4 Å². The van der Waals surface area contributed by atoms with E-state index in [-0.39, 0.29) is 11.5 Å². The van der Waals surface area contributed by atoms with Crippen molar-refractivity contribution in [3.8, 4) is 5.75 Å². The van der Waals surface area contributed by atoms with Crippen LogP contribution in [0.1, 0.15) is 5.56 Å². The molecule has 0 radical (unpaired) electrons. The molecule has 0 saturated carbocycles. The number of rotatable bonds is 5. The van der Waals surface area contributed by atoms with E-state index in [2.05, 4.69) is 57.2 Å². The first-order valence-electron chi connectivity index (χ1n) is 7.66. The third kappa shape index (κ3) is 3.93. The van der Waals surface area contributed by atoms with Crippen LogP contribution in [0.4, 0.5) is 5.69 Å². The number of ether oxygens (including phenoxy) is 1. The zero-order valence-electron chi connectivity index (χ0n) is 13.5. The van der Waals surface area contributed by atoms with Gasteiger partial charge in [0.15, 0.2) is 0 Å². The SMILES string of the molecule is C=CCOc1c(I)cc(/C=C2/C(=O)NN(c3ccccc3)C2=O)cc1I. The predicted molar refractivity (Wildman–Crippen MR) is 118 cm³/mol. The number of carbonyl (C=O) groups excluding carboxylic acids is 2. The van der Waals surface area contributed by atoms with Crippen LogP contribution in [0.15, 0.2) is 60.7 Å². The number of nitrogens with zero attached hydrogens (tertiary/aromatic N) is 1. The van der Waals surface area contributed by atoms with Gasteiger partial charge in [-0.2, -0.15) is 0 Å². The summed E-state index contributed by atoms with van der Waals surface area (Å²) in [6.07, 6.45) is 3.28. The predicted octanol–water partition coefficient (Wildman–Crippen LogP) is 3.92. The summed E-state index contributed by atoms with van der Waals surface area (Å²) in [6.45, 7) is 4.06. The number of amides is 2. The highest BCUT2D eigenvalue weighted by Gasteiger charge is 2.34. The first kappa shape index (κ1) is 18.9. The summed E-state index contributed by atoms with van der Waals surface area (Å²) in [6, 6.07) is 12.7. The molecule has 2 aromatic rings. The lowest BCUT2D eigenvalue weighted by Crippen LogP contribution is -2.35. The fraction of sp³-hybridized carbons (Fsp3) is 0.0526. The molecule has 132 valence electrons. The topological polar surface area (TPSA) is 58.6 Å². The third-order valence-electron chi connectivity index (χ3n) is 3.58. The second-order valence-electron chi connectivity index (χ2n) is 5.39. The lowest BCUT2D eigenvalue weighted by Gasteiger charge is -2.13. The summed E-state index contributed by atoms with van der Waals surface area (Å²) in [5, 5.41) is 1.26. The molecular weight excluding hydrogens is 558 g/mol. The van der Waals surface area contributed by atoms with Crippen molar-refractivity contribution in [2.45, 2.75) is 0 Å². The number of hydrogen-bond acceptors (Lipinski definition) is 3. The molecule has 0 spiro atoms. The molecule has 2 aromatic carbocycles. The molecule has 26 heavy (non-hydrogen) atoms. The monoisotopic (exact) mass is 572 g/mol. The van der Waals surface area contributed by atoms with Gasteiger partial charge in [0.1, 0.15) is 17.9 Å². The Bertz CT molecular complexity index is 887. The largest absolute Gasteiger partial charge is 0.487 e. The van der Waals surface area contributed by atoms with Gasteiger partial charge in [0, 0.05) is 0 Å². The molecule has 7 heteroatoms. The lowest BCUT2D eigenvalue weighted by atomic mass is 10.1. The van der Waals surface area contributed by atoms with Crippen LogP contribution < -0.4 is 15.2 Å². The molecule has 1 heterocycles. The van der Waals surface area contributed by atoms with Crippen molar-refractivity contribution in [1.82, 2.24) is 5.43 Å². The first-order valence-corrected chi connectivity index (χ1v) is 9.82. The number of anilines is 1. The second-order valence-corrected chi connectivity index (χ2v) is 7.71. The highest BCUT2D eigenvalue weighted by molar-refractivity contribution is 14.1. The van der Waals surface area contributed by atoms with Gasteiger partial charge in [-0.25, -0.2) is 5.01 Å². The number of nitrogens with one attached hydrogen (secondary N) is 1. The van der Waals surface area contributed by atoms with Crippen molar-refractivity contribution in [2.24, 2.45) is 0 Å². The average molecular weight is 572 g/mol. The van der Waals surface area contributed by atoms with Gasteiger partial charge in [-0.05, 0) is 81.1 Å². The molecule has 1 fully saturated rings. The van der Waals surface area contributed by atoms with Gasteiger partial charge < -0.3 is 4.74 Å². The molecule has 0 atom stereocenters. The van der Waals surface area contributed by atoms with E-state index in [0.29, 0.717) is 12.3 Å². The summed E-state index contributed by atoms with van der Waals surface area (Å²) in [7, 11) is 0. The van der Waals surface area contributed by atoms with E-state index < -0.39 is 5.91 Å². The maximum Gasteiger partial charge on any atom is 0.282 e. The van der Waals surface area contributed by atoms with Crippen LogP contribution in [0.3, 0.4) is 0 Å². The van der Waals surface area contributed by atoms with Gasteiger partial charge >= 0.3 is 0 Å². The zero-order valence-corrected chi connectivity index (χ0v) is 17.9. The summed E-state index contributed by atoms with van der Waals surface area (Å²) in [5.41, 5.74) is 4.07. The lowest BCUT2D eigenvalue weighted by molar-refractivity contribution is -0.117. The molecule has 2 amide bonds. The Kier molecular flexibility index (Phi) is 5.97. The number of hydrogen-bond donors (Lipinski definition) is 1. The quantitative estimate of drug-likeness (QED) is 0.256. The van der Waals surface area contributed by atoms with Crippen LogP contribution in [0.5, 0.6) is 5.75 Å². The highest BCUT2D eigenvalue weighted by atomic mass is 127. The van der Waals surface area contributed by atoms with Crippen LogP contribution in [-0.2, 0) is 9.59 Å². The second kappa shape index (κ2) is 8.21. The van der Waals surface area contributed by atoms with Crippen molar-refractivity contribution < 1.29 is 14.3 Å².